The fourth-order valence-corrected chi connectivity index (χ4v) is 2.30. The lowest BCUT2D eigenvalue weighted by molar-refractivity contribution is -0.133. The molecule has 1 aromatic rings. The first kappa shape index (κ1) is 13.5. The Kier molecular flexibility index (Phi) is 4.49. The van der Waals surface area contributed by atoms with Gasteiger partial charge in [-0.3, -0.25) is 14.6 Å². The average Bonchev–Trinajstić information content (AvgIpc) is 2.82. The number of hydrogen-bond donors (Lipinski definition) is 1. The number of nitrogens with zero attached hydrogens (tertiary/aromatic N) is 2. The molecule has 5 nitrogen and oxygen atoms in total. The molecule has 19 heavy (non-hydrogen) atoms. The van der Waals surface area contributed by atoms with Crippen molar-refractivity contribution < 1.29 is 9.59 Å². The van der Waals surface area contributed by atoms with Crippen LogP contribution >= 0.6 is 0 Å². The molecular weight excluding hydrogens is 242 g/mol. The Bertz CT molecular complexity index is 447. The van der Waals surface area contributed by atoms with Crippen molar-refractivity contribution in [3.63, 3.8) is 0 Å². The molecule has 1 fully saturated rings. The van der Waals surface area contributed by atoms with Gasteiger partial charge in [0.1, 0.15) is 0 Å². The highest BCUT2D eigenvalue weighted by Gasteiger charge is 2.23. The summed E-state index contributed by atoms with van der Waals surface area (Å²) in [6.07, 6.45) is 5.66. The average molecular weight is 261 g/mol. The van der Waals surface area contributed by atoms with E-state index < -0.39 is 0 Å². The van der Waals surface area contributed by atoms with Gasteiger partial charge in [0.15, 0.2) is 0 Å². The normalized spacial score (nSPS) is 16.5. The van der Waals surface area contributed by atoms with Crippen molar-refractivity contribution in [3.05, 3.63) is 30.1 Å². The summed E-state index contributed by atoms with van der Waals surface area (Å²) in [4.78, 5) is 29.0. The predicted octanol–water partition coefficient (Wildman–Crippen LogP) is 1.27. The maximum atomic E-state index is 12.0. The van der Waals surface area contributed by atoms with E-state index in [2.05, 4.69) is 10.3 Å². The highest BCUT2D eigenvalue weighted by molar-refractivity contribution is 5.86. The summed E-state index contributed by atoms with van der Waals surface area (Å²) in [6.45, 7) is 2.88. The Morgan fingerprint density at radius 2 is 2.21 bits per heavy atom. The van der Waals surface area contributed by atoms with Gasteiger partial charge < -0.3 is 10.2 Å². The SMILES string of the molecule is CC[C@H](NC(=O)CN1CCCC1=O)c1ccncc1. The second kappa shape index (κ2) is 6.31. The summed E-state index contributed by atoms with van der Waals surface area (Å²) < 4.78 is 0. The Balaban J connectivity index is 1.91. The molecule has 5 heteroatoms. The number of aromatic nitrogens is 1. The van der Waals surface area contributed by atoms with Gasteiger partial charge in [-0.15, -0.1) is 0 Å². The summed E-state index contributed by atoms with van der Waals surface area (Å²) in [5.41, 5.74) is 1.04. The van der Waals surface area contributed by atoms with Crippen LogP contribution in [0.5, 0.6) is 0 Å². The molecule has 0 radical (unpaired) electrons. The minimum Gasteiger partial charge on any atom is -0.348 e. The number of hydrogen-bond acceptors (Lipinski definition) is 3. The maximum Gasteiger partial charge on any atom is 0.240 e. The number of carbonyl (C=O) groups excluding carboxylic acids is 2. The van der Waals surface area contributed by atoms with E-state index in [1.54, 1.807) is 17.3 Å². The third kappa shape index (κ3) is 3.53. The lowest BCUT2D eigenvalue weighted by atomic mass is 10.1. The fourth-order valence-electron chi connectivity index (χ4n) is 2.30. The molecule has 0 aromatic carbocycles. The minimum absolute atomic E-state index is 0.0202. The zero-order valence-corrected chi connectivity index (χ0v) is 11.1. The van der Waals surface area contributed by atoms with Crippen molar-refractivity contribution in [1.82, 2.24) is 15.2 Å². The predicted molar refractivity (Wildman–Crippen MR) is 71.2 cm³/mol. The first-order chi connectivity index (χ1) is 9.20. The Labute approximate surface area is 113 Å². The molecule has 2 amide bonds. The summed E-state index contributed by atoms with van der Waals surface area (Å²) in [6, 6.07) is 3.78. The van der Waals surface area contributed by atoms with Crippen LogP contribution in [0.25, 0.3) is 0 Å². The fraction of sp³-hybridized carbons (Fsp3) is 0.500. The van der Waals surface area contributed by atoms with Crippen LogP contribution in [0.2, 0.25) is 0 Å². The van der Waals surface area contributed by atoms with Crippen LogP contribution in [0, 0.1) is 0 Å². The second-order valence-electron chi connectivity index (χ2n) is 4.73. The molecule has 1 N–H and O–H groups in total. The van der Waals surface area contributed by atoms with Crippen molar-refractivity contribution in [2.75, 3.05) is 13.1 Å². The van der Waals surface area contributed by atoms with E-state index in [1.165, 1.54) is 0 Å². The molecule has 0 bridgehead atoms. The van der Waals surface area contributed by atoms with Crippen molar-refractivity contribution in [3.8, 4) is 0 Å². The minimum atomic E-state index is -0.0982. The summed E-state index contributed by atoms with van der Waals surface area (Å²) in [5.74, 6) is -0.0222. The number of nitrogens with one attached hydrogen (secondary N) is 1. The van der Waals surface area contributed by atoms with E-state index in [4.69, 9.17) is 0 Å². The van der Waals surface area contributed by atoms with Crippen LogP contribution in [0.15, 0.2) is 24.5 Å². The molecule has 1 aliphatic rings. The van der Waals surface area contributed by atoms with Gasteiger partial charge in [-0.25, -0.2) is 0 Å². The monoisotopic (exact) mass is 261 g/mol. The molecule has 2 rings (SSSR count). The molecule has 0 spiro atoms. The highest BCUT2D eigenvalue weighted by atomic mass is 16.2. The molecule has 102 valence electrons. The molecule has 0 unspecified atom stereocenters. The van der Waals surface area contributed by atoms with Gasteiger partial charge >= 0.3 is 0 Å². The van der Waals surface area contributed by atoms with Crippen LogP contribution in [-0.4, -0.2) is 34.8 Å². The summed E-state index contributed by atoms with van der Waals surface area (Å²) >= 11 is 0. The van der Waals surface area contributed by atoms with Gasteiger partial charge in [0.05, 0.1) is 12.6 Å². The van der Waals surface area contributed by atoms with Crippen LogP contribution < -0.4 is 5.32 Å². The molecule has 2 heterocycles. The lowest BCUT2D eigenvalue weighted by Gasteiger charge is -2.20. The Morgan fingerprint density at radius 3 is 2.79 bits per heavy atom. The van der Waals surface area contributed by atoms with Gasteiger partial charge in [0.25, 0.3) is 0 Å². The number of amides is 2. The van der Waals surface area contributed by atoms with Gasteiger partial charge in [-0.1, -0.05) is 6.92 Å². The van der Waals surface area contributed by atoms with Crippen LogP contribution in [0.4, 0.5) is 0 Å². The standard InChI is InChI=1S/C14H19N3O2/c1-2-12(11-5-7-15-8-6-11)16-13(18)10-17-9-3-4-14(17)19/h5-8,12H,2-4,9-10H2,1H3,(H,16,18)/t12-/m0/s1. The third-order valence-corrected chi connectivity index (χ3v) is 3.36. The van der Waals surface area contributed by atoms with E-state index in [9.17, 15) is 9.59 Å². The largest absolute Gasteiger partial charge is 0.348 e. The molecule has 1 atom stereocenters. The smallest absolute Gasteiger partial charge is 0.240 e. The molecule has 1 saturated heterocycles. The van der Waals surface area contributed by atoms with Crippen molar-refractivity contribution in [2.24, 2.45) is 0 Å². The van der Waals surface area contributed by atoms with Crippen LogP contribution in [-0.2, 0) is 9.59 Å². The van der Waals surface area contributed by atoms with E-state index in [-0.39, 0.29) is 24.4 Å². The molecule has 0 aliphatic carbocycles. The quantitative estimate of drug-likeness (QED) is 0.868. The van der Waals surface area contributed by atoms with E-state index in [1.807, 2.05) is 19.1 Å². The van der Waals surface area contributed by atoms with Gasteiger partial charge in [0.2, 0.25) is 11.8 Å². The topological polar surface area (TPSA) is 62.3 Å². The van der Waals surface area contributed by atoms with E-state index in [0.717, 1.165) is 18.4 Å². The number of likely N-dealkylation sites (tertiary alicyclic amines) is 1. The van der Waals surface area contributed by atoms with Gasteiger partial charge in [0, 0.05) is 25.4 Å². The molecule has 0 saturated carbocycles. The van der Waals surface area contributed by atoms with E-state index in [0.29, 0.717) is 13.0 Å². The molecule has 1 aliphatic heterocycles. The molecular formula is C14H19N3O2. The molecule has 1 aromatic heterocycles. The number of carbonyl (C=O) groups is 2. The third-order valence-electron chi connectivity index (χ3n) is 3.36. The maximum absolute atomic E-state index is 12.0. The zero-order chi connectivity index (χ0) is 13.7. The van der Waals surface area contributed by atoms with Crippen molar-refractivity contribution >= 4 is 11.8 Å². The lowest BCUT2D eigenvalue weighted by Crippen LogP contribution is -2.39. The van der Waals surface area contributed by atoms with Crippen molar-refractivity contribution in [2.45, 2.75) is 32.2 Å². The first-order valence-corrected chi connectivity index (χ1v) is 6.67. The van der Waals surface area contributed by atoms with Crippen molar-refractivity contribution in [1.29, 1.82) is 0 Å². The highest BCUT2D eigenvalue weighted by Crippen LogP contribution is 2.15. The first-order valence-electron chi connectivity index (χ1n) is 6.67. The second-order valence-corrected chi connectivity index (χ2v) is 4.73. The summed E-state index contributed by atoms with van der Waals surface area (Å²) in [7, 11) is 0. The zero-order valence-electron chi connectivity index (χ0n) is 11.1. The Hall–Kier alpha value is -1.91. The summed E-state index contributed by atoms with van der Waals surface area (Å²) in [5, 5.41) is 2.97. The Morgan fingerprint density at radius 1 is 1.47 bits per heavy atom. The van der Waals surface area contributed by atoms with Gasteiger partial charge in [-0.2, -0.15) is 0 Å². The number of pyridine rings is 1. The van der Waals surface area contributed by atoms with Crippen LogP contribution in [0.1, 0.15) is 37.8 Å². The van der Waals surface area contributed by atoms with Crippen LogP contribution in [0.3, 0.4) is 0 Å². The van der Waals surface area contributed by atoms with E-state index >= 15 is 0 Å². The number of rotatable bonds is 5. The van der Waals surface area contributed by atoms with Gasteiger partial charge in [-0.05, 0) is 30.5 Å².